The molecule has 26 heavy (non-hydrogen) atoms. The molecule has 138 valence electrons. The lowest BCUT2D eigenvalue weighted by Crippen LogP contribution is -2.40. The van der Waals surface area contributed by atoms with E-state index in [0.29, 0.717) is 43.2 Å². The van der Waals surface area contributed by atoms with Crippen LogP contribution in [0.15, 0.2) is 24.3 Å². The lowest BCUT2D eigenvalue weighted by Gasteiger charge is -2.28. The molecule has 2 fully saturated rings. The molecule has 0 saturated carbocycles. The smallest absolute Gasteiger partial charge is 0.272 e. The van der Waals surface area contributed by atoms with Gasteiger partial charge in [-0.1, -0.05) is 18.2 Å². The van der Waals surface area contributed by atoms with Gasteiger partial charge in [0.15, 0.2) is 5.69 Å². The standard InChI is InChI=1S/C19H25N5O2/c25-17(11-12-9-13-5-6-14(10-12)22-13)20-7-8-21-19(26)18-15-3-1-2-4-16(15)23-24-18/h1-4,12-14,22H,5-11H2,(H,20,25)(H,21,26)(H,23,24). The van der Waals surface area contributed by atoms with Crippen LogP contribution >= 0.6 is 0 Å². The highest BCUT2D eigenvalue weighted by Crippen LogP contribution is 2.32. The van der Waals surface area contributed by atoms with E-state index in [2.05, 4.69) is 26.1 Å². The van der Waals surface area contributed by atoms with Crippen LogP contribution in [-0.4, -0.2) is 47.2 Å². The largest absolute Gasteiger partial charge is 0.354 e. The number of nitrogens with zero attached hydrogens (tertiary/aromatic N) is 1. The minimum atomic E-state index is -0.230. The van der Waals surface area contributed by atoms with E-state index in [1.807, 2.05) is 24.3 Å². The van der Waals surface area contributed by atoms with Gasteiger partial charge in [-0.25, -0.2) is 0 Å². The van der Waals surface area contributed by atoms with Gasteiger partial charge in [0.05, 0.1) is 5.52 Å². The molecule has 4 rings (SSSR count). The first-order valence-corrected chi connectivity index (χ1v) is 9.43. The lowest BCUT2D eigenvalue weighted by atomic mass is 9.89. The Morgan fingerprint density at radius 2 is 1.81 bits per heavy atom. The summed E-state index contributed by atoms with van der Waals surface area (Å²) < 4.78 is 0. The Balaban J connectivity index is 1.19. The fourth-order valence-electron chi connectivity index (χ4n) is 4.27. The van der Waals surface area contributed by atoms with Crippen LogP contribution in [0.1, 0.15) is 42.6 Å². The molecule has 1 aromatic heterocycles. The maximum absolute atomic E-state index is 12.2. The van der Waals surface area contributed by atoms with Gasteiger partial charge in [-0.2, -0.15) is 5.10 Å². The van der Waals surface area contributed by atoms with Gasteiger partial charge in [-0.05, 0) is 37.7 Å². The molecule has 2 atom stereocenters. The van der Waals surface area contributed by atoms with Crippen LogP contribution in [0.25, 0.3) is 10.9 Å². The third-order valence-electron chi connectivity index (χ3n) is 5.46. The number of hydrogen-bond donors (Lipinski definition) is 4. The molecule has 2 amide bonds. The van der Waals surface area contributed by atoms with Gasteiger partial charge < -0.3 is 16.0 Å². The van der Waals surface area contributed by atoms with Crippen molar-refractivity contribution >= 4 is 22.7 Å². The summed E-state index contributed by atoms with van der Waals surface area (Å²) in [6, 6.07) is 8.73. The number of aromatic nitrogens is 2. The van der Waals surface area contributed by atoms with Crippen LogP contribution in [0, 0.1) is 5.92 Å². The first kappa shape index (κ1) is 17.0. The van der Waals surface area contributed by atoms with Crippen molar-refractivity contribution in [2.75, 3.05) is 13.1 Å². The van der Waals surface area contributed by atoms with Crippen LogP contribution in [0.5, 0.6) is 0 Å². The maximum Gasteiger partial charge on any atom is 0.272 e. The highest BCUT2D eigenvalue weighted by Gasteiger charge is 2.34. The van der Waals surface area contributed by atoms with Gasteiger partial charge in [0.25, 0.3) is 5.91 Å². The van der Waals surface area contributed by atoms with Crippen LogP contribution < -0.4 is 16.0 Å². The van der Waals surface area contributed by atoms with E-state index in [0.717, 1.165) is 23.7 Å². The van der Waals surface area contributed by atoms with Gasteiger partial charge in [0, 0.05) is 37.0 Å². The number of hydrogen-bond acceptors (Lipinski definition) is 4. The predicted molar refractivity (Wildman–Crippen MR) is 98.7 cm³/mol. The van der Waals surface area contributed by atoms with Gasteiger partial charge in [-0.3, -0.25) is 14.7 Å². The molecule has 0 radical (unpaired) electrons. The number of para-hydroxylation sites is 1. The topological polar surface area (TPSA) is 98.9 Å². The third-order valence-corrected chi connectivity index (χ3v) is 5.46. The van der Waals surface area contributed by atoms with Crippen molar-refractivity contribution in [1.82, 2.24) is 26.1 Å². The molecule has 2 bridgehead atoms. The number of nitrogens with one attached hydrogen (secondary N) is 4. The molecule has 4 N–H and O–H groups in total. The number of amides is 2. The number of H-pyrrole nitrogens is 1. The van der Waals surface area contributed by atoms with Crippen molar-refractivity contribution in [1.29, 1.82) is 0 Å². The summed E-state index contributed by atoms with van der Waals surface area (Å²) >= 11 is 0. The number of piperidine rings is 1. The SMILES string of the molecule is O=C(CC1CC2CCC(C1)N2)NCCNC(=O)c1n[nH]c2ccccc12. The Hall–Kier alpha value is -2.41. The highest BCUT2D eigenvalue weighted by atomic mass is 16.2. The molecular formula is C19H25N5O2. The van der Waals surface area contributed by atoms with E-state index in [-0.39, 0.29) is 11.8 Å². The number of fused-ring (bicyclic) bond motifs is 3. The zero-order valence-corrected chi connectivity index (χ0v) is 14.8. The van der Waals surface area contributed by atoms with Crippen molar-refractivity contribution < 1.29 is 9.59 Å². The second kappa shape index (κ2) is 7.45. The highest BCUT2D eigenvalue weighted by molar-refractivity contribution is 6.04. The van der Waals surface area contributed by atoms with Gasteiger partial charge >= 0.3 is 0 Å². The minimum absolute atomic E-state index is 0.0794. The Morgan fingerprint density at radius 1 is 1.08 bits per heavy atom. The maximum atomic E-state index is 12.2. The predicted octanol–water partition coefficient (Wildman–Crippen LogP) is 1.33. The molecule has 1 aromatic carbocycles. The Labute approximate surface area is 152 Å². The van der Waals surface area contributed by atoms with Crippen molar-refractivity contribution in [2.24, 2.45) is 5.92 Å². The summed E-state index contributed by atoms with van der Waals surface area (Å²) in [4.78, 5) is 24.4. The zero-order valence-electron chi connectivity index (χ0n) is 14.8. The molecule has 7 heteroatoms. The molecular weight excluding hydrogens is 330 g/mol. The zero-order chi connectivity index (χ0) is 17.9. The summed E-state index contributed by atoms with van der Waals surface area (Å²) in [5.41, 5.74) is 1.22. The Morgan fingerprint density at radius 3 is 2.62 bits per heavy atom. The van der Waals surface area contributed by atoms with Gasteiger partial charge in [0.2, 0.25) is 5.91 Å². The van der Waals surface area contributed by atoms with Gasteiger partial charge in [0.1, 0.15) is 0 Å². The molecule has 0 aliphatic carbocycles. The number of aromatic amines is 1. The summed E-state index contributed by atoms with van der Waals surface area (Å²) in [6.07, 6.45) is 5.29. The molecule has 0 spiro atoms. The number of carbonyl (C=O) groups is 2. The second-order valence-corrected chi connectivity index (χ2v) is 7.40. The third kappa shape index (κ3) is 3.72. The molecule has 2 saturated heterocycles. The van der Waals surface area contributed by atoms with Crippen molar-refractivity contribution in [3.63, 3.8) is 0 Å². The second-order valence-electron chi connectivity index (χ2n) is 7.40. The van der Waals surface area contributed by atoms with Crippen LogP contribution in [-0.2, 0) is 4.79 Å². The lowest BCUT2D eigenvalue weighted by molar-refractivity contribution is -0.122. The monoisotopic (exact) mass is 355 g/mol. The van der Waals surface area contributed by atoms with Gasteiger partial charge in [-0.15, -0.1) is 0 Å². The summed E-state index contributed by atoms with van der Waals surface area (Å²) in [5.74, 6) is 0.334. The molecule has 7 nitrogen and oxygen atoms in total. The van der Waals surface area contributed by atoms with Crippen molar-refractivity contribution in [2.45, 2.75) is 44.2 Å². The van der Waals surface area contributed by atoms with E-state index in [1.54, 1.807) is 0 Å². The normalized spacial score (nSPS) is 24.5. The van der Waals surface area contributed by atoms with E-state index < -0.39 is 0 Å². The average molecular weight is 355 g/mol. The Kier molecular flexibility index (Phi) is 4.88. The van der Waals surface area contributed by atoms with Crippen molar-refractivity contribution in [3.05, 3.63) is 30.0 Å². The molecule has 2 aromatic rings. The van der Waals surface area contributed by atoms with Crippen LogP contribution in [0.3, 0.4) is 0 Å². The molecule has 3 heterocycles. The first-order valence-electron chi connectivity index (χ1n) is 9.43. The number of carbonyl (C=O) groups excluding carboxylic acids is 2. The van der Waals surface area contributed by atoms with E-state index in [1.165, 1.54) is 12.8 Å². The first-order chi connectivity index (χ1) is 12.7. The fraction of sp³-hybridized carbons (Fsp3) is 0.526. The number of benzene rings is 1. The van der Waals surface area contributed by atoms with E-state index in [4.69, 9.17) is 0 Å². The molecule has 2 unspecified atom stereocenters. The minimum Gasteiger partial charge on any atom is -0.354 e. The van der Waals surface area contributed by atoms with Crippen LogP contribution in [0.4, 0.5) is 0 Å². The summed E-state index contributed by atoms with van der Waals surface area (Å²) in [5, 5.41) is 17.1. The summed E-state index contributed by atoms with van der Waals surface area (Å²) in [7, 11) is 0. The fourth-order valence-corrected chi connectivity index (χ4v) is 4.27. The molecule has 2 aliphatic heterocycles. The Bertz CT molecular complexity index is 790. The summed E-state index contributed by atoms with van der Waals surface area (Å²) in [6.45, 7) is 0.827. The van der Waals surface area contributed by atoms with Crippen molar-refractivity contribution in [3.8, 4) is 0 Å². The quantitative estimate of drug-likeness (QED) is 0.588. The average Bonchev–Trinajstić information content (AvgIpc) is 3.21. The molecule has 2 aliphatic rings. The van der Waals surface area contributed by atoms with E-state index >= 15 is 0 Å². The van der Waals surface area contributed by atoms with E-state index in [9.17, 15) is 9.59 Å². The van der Waals surface area contributed by atoms with Crippen LogP contribution in [0.2, 0.25) is 0 Å². The number of rotatable bonds is 6.